The zero-order chi connectivity index (χ0) is 7.11. The molecule has 10 heavy (non-hydrogen) atoms. The molecule has 0 bridgehead atoms. The maximum absolute atomic E-state index is 5.22. The van der Waals surface area contributed by atoms with Crippen molar-refractivity contribution in [3.63, 3.8) is 0 Å². The van der Waals surface area contributed by atoms with Gasteiger partial charge < -0.3 is 16.1 Å². The molecule has 1 unspecified atom stereocenters. The first-order chi connectivity index (χ1) is 4.35. The van der Waals surface area contributed by atoms with Crippen LogP contribution in [0.5, 0.6) is 0 Å². The molecule has 0 heterocycles. The fourth-order valence-electron chi connectivity index (χ4n) is 0.465. The van der Waals surface area contributed by atoms with Gasteiger partial charge in [-0.15, -0.1) is 0 Å². The van der Waals surface area contributed by atoms with Crippen molar-refractivity contribution in [2.24, 2.45) is 0 Å². The molecule has 54 valence electrons. The number of hydrogen-bond donors (Lipinski definition) is 0. The second-order valence-corrected chi connectivity index (χ2v) is 1.71. The van der Waals surface area contributed by atoms with Gasteiger partial charge in [0, 0.05) is 13.2 Å². The molecular weight excluding hydrogens is 123 g/mol. The molecule has 0 fully saturated rings. The third kappa shape index (κ3) is 6.38. The molecule has 0 radical (unpaired) electrons. The van der Waals surface area contributed by atoms with Crippen LogP contribution in [-0.2, 0) is 9.47 Å². The molecule has 0 aliphatic carbocycles. The number of hydrogen-bond acceptors (Lipinski definition) is 2. The van der Waals surface area contributed by atoms with Gasteiger partial charge in [0.2, 0.25) is 0 Å². The Kier molecular flexibility index (Phi) is 11.9. The van der Waals surface area contributed by atoms with E-state index in [2.05, 4.69) is 4.74 Å². The van der Waals surface area contributed by atoms with Gasteiger partial charge in [-0.25, -0.2) is 6.08 Å². The van der Waals surface area contributed by atoms with E-state index in [1.807, 2.05) is 6.92 Å². The first kappa shape index (κ1) is 12.9. The van der Waals surface area contributed by atoms with Crippen LogP contribution in [0, 0.1) is 6.58 Å². The first-order valence-electron chi connectivity index (χ1n) is 3.00. The summed E-state index contributed by atoms with van der Waals surface area (Å²) in [5.74, 6) is 0. The van der Waals surface area contributed by atoms with Crippen molar-refractivity contribution < 1.29 is 28.3 Å². The average Bonchev–Trinajstić information content (AvgIpc) is 1.91. The third-order valence-electron chi connectivity index (χ3n) is 1.02. The van der Waals surface area contributed by atoms with Crippen LogP contribution in [-0.4, -0.2) is 20.0 Å². The summed E-state index contributed by atoms with van der Waals surface area (Å²) in [6.07, 6.45) is 2.45. The molecule has 0 amide bonds. The Labute approximate surface area is 74.8 Å². The molecule has 1 atom stereocenters. The summed E-state index contributed by atoms with van der Waals surface area (Å²) in [5.41, 5.74) is 0. The minimum atomic E-state index is 0. The molecule has 0 N–H and O–H groups in total. The van der Waals surface area contributed by atoms with E-state index in [-0.39, 0.29) is 25.0 Å². The minimum Gasteiger partial charge on any atom is -0.515 e. The first-order valence-corrected chi connectivity index (χ1v) is 3.00. The largest absolute Gasteiger partial charge is 1.00 e. The van der Waals surface area contributed by atoms with Crippen molar-refractivity contribution in [2.75, 3.05) is 13.9 Å². The monoisotopic (exact) mass is 136 g/mol. The van der Waals surface area contributed by atoms with Gasteiger partial charge in [-0.05, 0) is 6.42 Å². The maximum Gasteiger partial charge on any atom is 1.00 e. The van der Waals surface area contributed by atoms with Crippen molar-refractivity contribution in [2.45, 2.75) is 19.4 Å². The fourth-order valence-corrected chi connectivity index (χ4v) is 0.465. The van der Waals surface area contributed by atoms with Gasteiger partial charge in [-0.3, -0.25) is 0 Å². The Morgan fingerprint density at radius 1 is 1.60 bits per heavy atom. The summed E-state index contributed by atoms with van der Waals surface area (Å²) in [6.45, 7) is 7.53. The standard InChI is InChI=1S/C7H13O2.Li/c1-4-7(5-2)9-6-8-3;/h1,4,7H,5-6H2,2-3H3;/q-1;+1. The van der Waals surface area contributed by atoms with Gasteiger partial charge in [0.05, 0.1) is 0 Å². The van der Waals surface area contributed by atoms with E-state index < -0.39 is 0 Å². The van der Waals surface area contributed by atoms with Crippen molar-refractivity contribution in [1.82, 2.24) is 0 Å². The Morgan fingerprint density at radius 2 is 2.20 bits per heavy atom. The smallest absolute Gasteiger partial charge is 0.515 e. The maximum atomic E-state index is 5.22. The summed E-state index contributed by atoms with van der Waals surface area (Å²) in [4.78, 5) is 0. The van der Waals surface area contributed by atoms with Gasteiger partial charge >= 0.3 is 18.9 Å². The van der Waals surface area contributed by atoms with E-state index >= 15 is 0 Å². The van der Waals surface area contributed by atoms with E-state index in [4.69, 9.17) is 11.3 Å². The van der Waals surface area contributed by atoms with Crippen LogP contribution in [0.25, 0.3) is 0 Å². The van der Waals surface area contributed by atoms with E-state index in [1.54, 1.807) is 7.11 Å². The normalized spacial score (nSPS) is 11.8. The van der Waals surface area contributed by atoms with Crippen LogP contribution in [0.2, 0.25) is 0 Å². The quantitative estimate of drug-likeness (QED) is 0.257. The topological polar surface area (TPSA) is 18.5 Å². The summed E-state index contributed by atoms with van der Waals surface area (Å²) in [6, 6.07) is 0. The zero-order valence-electron chi connectivity index (χ0n) is 6.96. The van der Waals surface area contributed by atoms with Gasteiger partial charge in [0.15, 0.2) is 0 Å². The van der Waals surface area contributed by atoms with Crippen LogP contribution in [0.15, 0.2) is 6.08 Å². The number of ether oxygens (including phenoxy) is 2. The van der Waals surface area contributed by atoms with Crippen molar-refractivity contribution in [1.29, 1.82) is 0 Å². The molecule has 3 heteroatoms. The molecule has 2 nitrogen and oxygen atoms in total. The molecule has 0 rings (SSSR count). The Hall–Kier alpha value is 0.257. The van der Waals surface area contributed by atoms with Gasteiger partial charge in [0.25, 0.3) is 0 Å². The number of methoxy groups -OCH3 is 1. The van der Waals surface area contributed by atoms with Crippen LogP contribution in [0.3, 0.4) is 0 Å². The number of rotatable bonds is 5. The molecule has 0 aliphatic rings. The van der Waals surface area contributed by atoms with Crippen molar-refractivity contribution in [3.05, 3.63) is 12.7 Å². The molecule has 0 spiro atoms. The van der Waals surface area contributed by atoms with E-state index in [9.17, 15) is 0 Å². The Balaban J connectivity index is 0. The summed E-state index contributed by atoms with van der Waals surface area (Å²) in [7, 11) is 1.59. The molecule has 0 saturated heterocycles. The van der Waals surface area contributed by atoms with E-state index in [0.717, 1.165) is 6.42 Å². The second kappa shape index (κ2) is 9.26. The summed E-state index contributed by atoms with van der Waals surface area (Å²) >= 11 is 0. The predicted molar refractivity (Wildman–Crippen MR) is 35.9 cm³/mol. The molecule has 0 aromatic rings. The Bertz CT molecular complexity index is 76.0. The molecule has 0 saturated carbocycles. The van der Waals surface area contributed by atoms with Crippen LogP contribution in [0.1, 0.15) is 13.3 Å². The van der Waals surface area contributed by atoms with Gasteiger partial charge in [-0.2, -0.15) is 0 Å². The molecular formula is C7H13LiO2. The van der Waals surface area contributed by atoms with Crippen LogP contribution < -0.4 is 18.9 Å². The van der Waals surface area contributed by atoms with Gasteiger partial charge in [-0.1, -0.05) is 6.92 Å². The molecule has 0 aliphatic heterocycles. The van der Waals surface area contributed by atoms with Crippen molar-refractivity contribution >= 4 is 0 Å². The van der Waals surface area contributed by atoms with Crippen molar-refractivity contribution in [3.8, 4) is 0 Å². The average molecular weight is 136 g/mol. The predicted octanol–water partition coefficient (Wildman–Crippen LogP) is -1.62. The Morgan fingerprint density at radius 3 is 2.50 bits per heavy atom. The van der Waals surface area contributed by atoms with E-state index in [1.165, 1.54) is 6.08 Å². The fraction of sp³-hybridized carbons (Fsp3) is 0.714. The summed E-state index contributed by atoms with van der Waals surface area (Å²) < 4.78 is 9.76. The zero-order valence-corrected chi connectivity index (χ0v) is 6.96. The second-order valence-electron chi connectivity index (χ2n) is 1.71. The summed E-state index contributed by atoms with van der Waals surface area (Å²) in [5, 5.41) is 0. The van der Waals surface area contributed by atoms with Gasteiger partial charge in [0.1, 0.15) is 6.79 Å². The third-order valence-corrected chi connectivity index (χ3v) is 1.02. The molecule has 0 aromatic heterocycles. The minimum absolute atomic E-state index is 0. The van der Waals surface area contributed by atoms with Crippen LogP contribution >= 0.6 is 0 Å². The van der Waals surface area contributed by atoms with Crippen LogP contribution in [0.4, 0.5) is 0 Å². The SMILES string of the molecule is [CH-]=CC(CC)OCOC.[Li+]. The molecule has 0 aromatic carbocycles. The van der Waals surface area contributed by atoms with E-state index in [0.29, 0.717) is 6.79 Å².